The van der Waals surface area contributed by atoms with E-state index in [9.17, 15) is 8.42 Å². The summed E-state index contributed by atoms with van der Waals surface area (Å²) in [5, 5.41) is 0. The molecular weight excluding hydrogens is 238 g/mol. The number of nitrogen functional groups attached to an aromatic ring is 1. The lowest BCUT2D eigenvalue weighted by Crippen LogP contribution is -2.41. The highest BCUT2D eigenvalue weighted by atomic mass is 32.2. The monoisotopic (exact) mass is 257 g/mol. The average molecular weight is 257 g/mol. The largest absolute Gasteiger partial charge is 0.399 e. The van der Waals surface area contributed by atoms with Crippen molar-refractivity contribution < 1.29 is 8.42 Å². The molecule has 96 valence electrons. The standard InChI is InChI=1S/C11H19N3O2S/c1-3-8-13-17(15,16)14(4-2)11-7-5-6-10(12)9-11/h5-7,9,13H,3-4,8,12H2,1-2H3. The number of nitrogens with two attached hydrogens (primary N) is 1. The molecule has 0 aliphatic heterocycles. The van der Waals surface area contributed by atoms with E-state index in [-0.39, 0.29) is 0 Å². The number of nitrogens with one attached hydrogen (secondary N) is 1. The van der Waals surface area contributed by atoms with Crippen molar-refractivity contribution in [2.45, 2.75) is 20.3 Å². The molecule has 0 heterocycles. The molecule has 1 aromatic carbocycles. The van der Waals surface area contributed by atoms with Crippen molar-refractivity contribution in [2.75, 3.05) is 23.1 Å². The van der Waals surface area contributed by atoms with Gasteiger partial charge < -0.3 is 5.73 Å². The Kier molecular flexibility index (Phi) is 4.77. The number of nitrogens with zero attached hydrogens (tertiary/aromatic N) is 1. The van der Waals surface area contributed by atoms with Gasteiger partial charge in [0.05, 0.1) is 5.69 Å². The van der Waals surface area contributed by atoms with Crippen LogP contribution in [0.15, 0.2) is 24.3 Å². The van der Waals surface area contributed by atoms with Crippen LogP contribution in [0.3, 0.4) is 0 Å². The van der Waals surface area contributed by atoms with Crippen molar-refractivity contribution in [3.8, 4) is 0 Å². The van der Waals surface area contributed by atoms with Crippen molar-refractivity contribution in [1.29, 1.82) is 0 Å². The van der Waals surface area contributed by atoms with E-state index in [1.807, 2.05) is 6.92 Å². The highest BCUT2D eigenvalue weighted by Crippen LogP contribution is 2.19. The first-order chi connectivity index (χ1) is 8.01. The van der Waals surface area contributed by atoms with E-state index >= 15 is 0 Å². The first-order valence-corrected chi connectivity index (χ1v) is 7.08. The Bertz CT molecular complexity index is 460. The Morgan fingerprint density at radius 3 is 2.59 bits per heavy atom. The molecule has 0 spiro atoms. The maximum Gasteiger partial charge on any atom is 0.301 e. The number of benzene rings is 1. The molecule has 0 fully saturated rings. The zero-order chi connectivity index (χ0) is 12.9. The summed E-state index contributed by atoms with van der Waals surface area (Å²) in [5.41, 5.74) is 6.78. The molecule has 0 unspecified atom stereocenters. The SMILES string of the molecule is CCCNS(=O)(=O)N(CC)c1cccc(N)c1. The lowest BCUT2D eigenvalue weighted by Gasteiger charge is -2.23. The number of rotatable bonds is 6. The zero-order valence-corrected chi connectivity index (χ0v) is 11.0. The molecule has 0 amide bonds. The summed E-state index contributed by atoms with van der Waals surface area (Å²) in [6.07, 6.45) is 0.758. The maximum atomic E-state index is 12.0. The van der Waals surface area contributed by atoms with Gasteiger partial charge in [0.1, 0.15) is 0 Å². The van der Waals surface area contributed by atoms with Gasteiger partial charge in [0.25, 0.3) is 0 Å². The van der Waals surface area contributed by atoms with Crippen LogP contribution in [-0.2, 0) is 10.2 Å². The third kappa shape index (κ3) is 3.61. The van der Waals surface area contributed by atoms with Crippen molar-refractivity contribution in [1.82, 2.24) is 4.72 Å². The van der Waals surface area contributed by atoms with E-state index in [1.54, 1.807) is 31.2 Å². The minimum absolute atomic E-state index is 0.364. The minimum Gasteiger partial charge on any atom is -0.399 e. The van der Waals surface area contributed by atoms with Crippen molar-refractivity contribution in [3.05, 3.63) is 24.3 Å². The average Bonchev–Trinajstić information content (AvgIpc) is 2.27. The van der Waals surface area contributed by atoms with Gasteiger partial charge in [-0.1, -0.05) is 13.0 Å². The van der Waals surface area contributed by atoms with Crippen LogP contribution in [0.25, 0.3) is 0 Å². The summed E-state index contributed by atoms with van der Waals surface area (Å²) >= 11 is 0. The molecule has 0 aliphatic rings. The lowest BCUT2D eigenvalue weighted by molar-refractivity contribution is 0.576. The van der Waals surface area contributed by atoms with Gasteiger partial charge in [0.15, 0.2) is 0 Å². The maximum absolute atomic E-state index is 12.0. The molecule has 1 aromatic rings. The second-order valence-electron chi connectivity index (χ2n) is 3.66. The lowest BCUT2D eigenvalue weighted by atomic mass is 10.3. The summed E-state index contributed by atoms with van der Waals surface area (Å²) in [7, 11) is -3.48. The molecule has 0 aliphatic carbocycles. The predicted octanol–water partition coefficient (Wildman–Crippen LogP) is 1.34. The first kappa shape index (κ1) is 13.8. The highest BCUT2D eigenvalue weighted by molar-refractivity contribution is 7.90. The Morgan fingerprint density at radius 2 is 2.06 bits per heavy atom. The van der Waals surface area contributed by atoms with Crippen LogP contribution < -0.4 is 14.8 Å². The Balaban J connectivity index is 2.99. The van der Waals surface area contributed by atoms with Crippen molar-refractivity contribution in [3.63, 3.8) is 0 Å². The van der Waals surface area contributed by atoms with Gasteiger partial charge in [-0.15, -0.1) is 0 Å². The normalized spacial score (nSPS) is 11.4. The summed E-state index contributed by atoms with van der Waals surface area (Å²) < 4.78 is 27.9. The molecule has 0 saturated heterocycles. The van der Waals surface area contributed by atoms with Gasteiger partial charge in [0.2, 0.25) is 0 Å². The Morgan fingerprint density at radius 1 is 1.35 bits per heavy atom. The van der Waals surface area contributed by atoms with Gasteiger partial charge in [-0.25, -0.2) is 0 Å². The van der Waals surface area contributed by atoms with Crippen LogP contribution in [0, 0.1) is 0 Å². The van der Waals surface area contributed by atoms with Crippen molar-refractivity contribution >= 4 is 21.6 Å². The van der Waals surface area contributed by atoms with Crippen LogP contribution in [0.1, 0.15) is 20.3 Å². The van der Waals surface area contributed by atoms with Gasteiger partial charge in [-0.2, -0.15) is 13.1 Å². The molecule has 0 radical (unpaired) electrons. The van der Waals surface area contributed by atoms with Crippen LogP contribution in [-0.4, -0.2) is 21.5 Å². The molecule has 5 nitrogen and oxygen atoms in total. The van der Waals surface area contributed by atoms with Crippen LogP contribution in [0.2, 0.25) is 0 Å². The fourth-order valence-electron chi connectivity index (χ4n) is 1.48. The van der Waals surface area contributed by atoms with Gasteiger partial charge in [0, 0.05) is 18.8 Å². The fraction of sp³-hybridized carbons (Fsp3) is 0.455. The first-order valence-electron chi connectivity index (χ1n) is 5.64. The highest BCUT2D eigenvalue weighted by Gasteiger charge is 2.19. The third-order valence-electron chi connectivity index (χ3n) is 2.27. The number of anilines is 2. The molecule has 17 heavy (non-hydrogen) atoms. The quantitative estimate of drug-likeness (QED) is 0.755. The molecule has 0 saturated carbocycles. The minimum atomic E-state index is -3.48. The van der Waals surface area contributed by atoms with Crippen LogP contribution in [0.5, 0.6) is 0 Å². The van der Waals surface area contributed by atoms with E-state index in [4.69, 9.17) is 5.73 Å². The molecule has 0 aromatic heterocycles. The third-order valence-corrected chi connectivity index (χ3v) is 3.89. The molecular formula is C11H19N3O2S. The van der Waals surface area contributed by atoms with Crippen molar-refractivity contribution in [2.24, 2.45) is 0 Å². The van der Waals surface area contributed by atoms with Gasteiger partial charge in [-0.3, -0.25) is 4.31 Å². The molecule has 1 rings (SSSR count). The molecule has 3 N–H and O–H groups in total. The fourth-order valence-corrected chi connectivity index (χ4v) is 2.83. The molecule has 0 bridgehead atoms. The zero-order valence-electron chi connectivity index (χ0n) is 10.2. The molecule has 6 heteroatoms. The number of hydrogen-bond acceptors (Lipinski definition) is 3. The van der Waals surface area contributed by atoms with E-state index < -0.39 is 10.2 Å². The van der Waals surface area contributed by atoms with E-state index in [2.05, 4.69) is 4.72 Å². The topological polar surface area (TPSA) is 75.4 Å². The summed E-state index contributed by atoms with van der Waals surface area (Å²) in [4.78, 5) is 0. The summed E-state index contributed by atoms with van der Waals surface area (Å²) in [6.45, 7) is 4.50. The van der Waals surface area contributed by atoms with Crippen LogP contribution >= 0.6 is 0 Å². The van der Waals surface area contributed by atoms with Gasteiger partial charge in [-0.05, 0) is 31.5 Å². The van der Waals surface area contributed by atoms with E-state index in [1.165, 1.54) is 4.31 Å². The summed E-state index contributed by atoms with van der Waals surface area (Å²) in [5.74, 6) is 0. The van der Waals surface area contributed by atoms with E-state index in [0.29, 0.717) is 24.5 Å². The summed E-state index contributed by atoms with van der Waals surface area (Å²) in [6, 6.07) is 6.84. The number of hydrogen-bond donors (Lipinski definition) is 2. The second-order valence-corrected chi connectivity index (χ2v) is 5.34. The van der Waals surface area contributed by atoms with Crippen LogP contribution in [0.4, 0.5) is 11.4 Å². The predicted molar refractivity (Wildman–Crippen MR) is 71.1 cm³/mol. The Hall–Kier alpha value is -1.27. The van der Waals surface area contributed by atoms with E-state index in [0.717, 1.165) is 6.42 Å². The Labute approximate surface area is 103 Å². The molecule has 0 atom stereocenters. The second kappa shape index (κ2) is 5.88. The van der Waals surface area contributed by atoms with Gasteiger partial charge >= 0.3 is 10.2 Å². The smallest absolute Gasteiger partial charge is 0.301 e.